The molecule has 0 spiro atoms. The first-order valence-electron chi connectivity index (χ1n) is 6.73. The fourth-order valence-corrected chi connectivity index (χ4v) is 2.89. The molecule has 1 fully saturated rings. The Morgan fingerprint density at radius 3 is 3.11 bits per heavy atom. The van der Waals surface area contributed by atoms with Gasteiger partial charge in [-0.25, -0.2) is 0 Å². The lowest BCUT2D eigenvalue weighted by Gasteiger charge is -2.35. The first kappa shape index (κ1) is 13.8. The van der Waals surface area contributed by atoms with E-state index >= 15 is 0 Å². The number of nitrogens with one attached hydrogen (secondary N) is 1. The van der Waals surface area contributed by atoms with Crippen molar-refractivity contribution in [3.05, 3.63) is 22.9 Å². The molecule has 100 valence electrons. The second kappa shape index (κ2) is 6.53. The molecule has 2 heterocycles. The quantitative estimate of drug-likeness (QED) is 0.924. The van der Waals surface area contributed by atoms with Gasteiger partial charge in [-0.2, -0.15) is 0 Å². The lowest BCUT2D eigenvalue weighted by atomic mass is 9.99. The monoisotopic (exact) mass is 311 g/mol. The van der Waals surface area contributed by atoms with Crippen molar-refractivity contribution >= 4 is 21.6 Å². The Balaban J connectivity index is 1.82. The first-order valence-corrected chi connectivity index (χ1v) is 7.53. The van der Waals surface area contributed by atoms with Crippen molar-refractivity contribution in [2.45, 2.75) is 32.7 Å². The van der Waals surface area contributed by atoms with Crippen LogP contribution in [0.1, 0.15) is 26.7 Å². The van der Waals surface area contributed by atoms with Crippen molar-refractivity contribution in [3.63, 3.8) is 0 Å². The van der Waals surface area contributed by atoms with Gasteiger partial charge in [0.05, 0.1) is 11.9 Å². The topological polar surface area (TPSA) is 28.2 Å². The number of anilines is 1. The van der Waals surface area contributed by atoms with Crippen LogP contribution in [0.2, 0.25) is 0 Å². The number of aromatic nitrogens is 1. The van der Waals surface area contributed by atoms with Crippen LogP contribution in [0.4, 0.5) is 5.69 Å². The largest absolute Gasteiger partial charge is 0.382 e. The summed E-state index contributed by atoms with van der Waals surface area (Å²) in [5.41, 5.74) is 1.08. The Labute approximate surface area is 118 Å². The van der Waals surface area contributed by atoms with Gasteiger partial charge < -0.3 is 5.32 Å². The Hall–Kier alpha value is -0.610. The van der Waals surface area contributed by atoms with Gasteiger partial charge in [0.15, 0.2) is 0 Å². The predicted octanol–water partition coefficient (Wildman–Crippen LogP) is 3.38. The molecule has 2 rings (SSSR count). The molecule has 0 amide bonds. The summed E-state index contributed by atoms with van der Waals surface area (Å²) in [5.74, 6) is 0.841. The Kier molecular flexibility index (Phi) is 5.01. The molecule has 0 bridgehead atoms. The minimum atomic E-state index is 0.576. The molecule has 0 aromatic carbocycles. The lowest BCUT2D eigenvalue weighted by molar-refractivity contribution is 0.144. The highest BCUT2D eigenvalue weighted by Crippen LogP contribution is 2.18. The van der Waals surface area contributed by atoms with E-state index < -0.39 is 0 Å². The molecule has 4 heteroatoms. The molecule has 0 saturated carbocycles. The minimum Gasteiger partial charge on any atom is -0.382 e. The van der Waals surface area contributed by atoms with E-state index in [-0.39, 0.29) is 0 Å². The molecule has 2 unspecified atom stereocenters. The highest BCUT2D eigenvalue weighted by molar-refractivity contribution is 9.10. The van der Waals surface area contributed by atoms with Crippen LogP contribution in [0.25, 0.3) is 0 Å². The van der Waals surface area contributed by atoms with E-state index in [2.05, 4.69) is 51.0 Å². The van der Waals surface area contributed by atoms with Gasteiger partial charge in [0.1, 0.15) is 0 Å². The van der Waals surface area contributed by atoms with Crippen molar-refractivity contribution < 1.29 is 0 Å². The van der Waals surface area contributed by atoms with Crippen LogP contribution in [0.3, 0.4) is 0 Å². The number of piperidine rings is 1. The zero-order chi connectivity index (χ0) is 13.0. The van der Waals surface area contributed by atoms with Crippen molar-refractivity contribution in [3.8, 4) is 0 Å². The van der Waals surface area contributed by atoms with E-state index in [1.807, 2.05) is 6.20 Å². The second-order valence-corrected chi connectivity index (χ2v) is 6.28. The number of hydrogen-bond donors (Lipinski definition) is 1. The van der Waals surface area contributed by atoms with Crippen molar-refractivity contribution in [1.29, 1.82) is 0 Å². The number of likely N-dealkylation sites (tertiary alicyclic amines) is 1. The minimum absolute atomic E-state index is 0.576. The molecular weight excluding hydrogens is 290 g/mol. The van der Waals surface area contributed by atoms with Gasteiger partial charge in [0, 0.05) is 29.8 Å². The van der Waals surface area contributed by atoms with E-state index in [4.69, 9.17) is 0 Å². The fraction of sp³-hybridized carbons (Fsp3) is 0.643. The van der Waals surface area contributed by atoms with Gasteiger partial charge in [-0.3, -0.25) is 9.88 Å². The molecule has 2 atom stereocenters. The molecular formula is C14H22BrN3. The number of halogens is 1. The summed E-state index contributed by atoms with van der Waals surface area (Å²) in [4.78, 5) is 6.75. The second-order valence-electron chi connectivity index (χ2n) is 5.36. The summed E-state index contributed by atoms with van der Waals surface area (Å²) < 4.78 is 1.02. The van der Waals surface area contributed by atoms with Gasteiger partial charge in [-0.1, -0.05) is 6.92 Å². The van der Waals surface area contributed by atoms with Crippen LogP contribution in [0.15, 0.2) is 22.9 Å². The van der Waals surface area contributed by atoms with E-state index in [1.54, 1.807) is 6.20 Å². The average molecular weight is 312 g/mol. The summed E-state index contributed by atoms with van der Waals surface area (Å²) >= 11 is 3.44. The molecule has 1 aromatic rings. The van der Waals surface area contributed by atoms with Crippen LogP contribution in [-0.2, 0) is 0 Å². The summed E-state index contributed by atoms with van der Waals surface area (Å²) in [7, 11) is 0. The third-order valence-electron chi connectivity index (χ3n) is 3.62. The highest BCUT2D eigenvalue weighted by atomic mass is 79.9. The summed E-state index contributed by atoms with van der Waals surface area (Å²) in [6.07, 6.45) is 6.40. The van der Waals surface area contributed by atoms with E-state index in [1.165, 1.54) is 25.9 Å². The Morgan fingerprint density at radius 1 is 1.56 bits per heavy atom. The van der Waals surface area contributed by atoms with E-state index in [0.29, 0.717) is 6.04 Å². The SMILES string of the molecule is CC1CCCN(C(C)CNc2cncc(Br)c2)C1. The molecule has 1 saturated heterocycles. The lowest BCUT2D eigenvalue weighted by Crippen LogP contribution is -2.43. The van der Waals surface area contributed by atoms with Crippen molar-refractivity contribution in [2.75, 3.05) is 25.0 Å². The molecule has 18 heavy (non-hydrogen) atoms. The van der Waals surface area contributed by atoms with Gasteiger partial charge in [-0.05, 0) is 54.2 Å². The molecule has 1 aliphatic rings. The molecule has 1 N–H and O–H groups in total. The zero-order valence-electron chi connectivity index (χ0n) is 11.2. The molecule has 1 aliphatic heterocycles. The van der Waals surface area contributed by atoms with Crippen LogP contribution in [0.5, 0.6) is 0 Å². The predicted molar refractivity (Wildman–Crippen MR) is 79.9 cm³/mol. The summed E-state index contributed by atoms with van der Waals surface area (Å²) in [6.45, 7) is 8.11. The zero-order valence-corrected chi connectivity index (χ0v) is 12.8. The maximum atomic E-state index is 4.16. The number of pyridine rings is 1. The Bertz CT molecular complexity index is 383. The highest BCUT2D eigenvalue weighted by Gasteiger charge is 2.20. The van der Waals surface area contributed by atoms with Gasteiger partial charge >= 0.3 is 0 Å². The van der Waals surface area contributed by atoms with Crippen LogP contribution in [0, 0.1) is 5.92 Å². The third-order valence-corrected chi connectivity index (χ3v) is 4.05. The van der Waals surface area contributed by atoms with Gasteiger partial charge in [0.2, 0.25) is 0 Å². The first-order chi connectivity index (χ1) is 8.65. The number of nitrogens with zero attached hydrogens (tertiary/aromatic N) is 2. The molecule has 0 aliphatic carbocycles. The summed E-state index contributed by atoms with van der Waals surface area (Å²) in [5, 5.41) is 3.46. The van der Waals surface area contributed by atoms with Crippen molar-refractivity contribution in [2.24, 2.45) is 5.92 Å². The normalized spacial score (nSPS) is 22.7. The maximum absolute atomic E-state index is 4.16. The van der Waals surface area contributed by atoms with Crippen molar-refractivity contribution in [1.82, 2.24) is 9.88 Å². The van der Waals surface area contributed by atoms with Gasteiger partial charge in [-0.15, -0.1) is 0 Å². The van der Waals surface area contributed by atoms with Crippen LogP contribution >= 0.6 is 15.9 Å². The number of hydrogen-bond acceptors (Lipinski definition) is 3. The number of rotatable bonds is 4. The van der Waals surface area contributed by atoms with E-state index in [9.17, 15) is 0 Å². The van der Waals surface area contributed by atoms with E-state index in [0.717, 1.165) is 22.6 Å². The summed E-state index contributed by atoms with van der Waals surface area (Å²) in [6, 6.07) is 2.64. The third kappa shape index (κ3) is 3.95. The van der Waals surface area contributed by atoms with Gasteiger partial charge in [0.25, 0.3) is 0 Å². The molecule has 3 nitrogen and oxygen atoms in total. The smallest absolute Gasteiger partial charge is 0.0538 e. The maximum Gasteiger partial charge on any atom is 0.0538 e. The Morgan fingerprint density at radius 2 is 2.39 bits per heavy atom. The standard InChI is InChI=1S/C14H22BrN3/c1-11-4-3-5-18(10-11)12(2)7-17-14-6-13(15)8-16-9-14/h6,8-9,11-12,17H,3-5,7,10H2,1-2H3. The average Bonchev–Trinajstić information content (AvgIpc) is 2.36. The van der Waals surface area contributed by atoms with Crippen LogP contribution < -0.4 is 5.32 Å². The molecule has 1 aromatic heterocycles. The molecule has 0 radical (unpaired) electrons. The van der Waals surface area contributed by atoms with Crippen LogP contribution in [-0.4, -0.2) is 35.6 Å². The fourth-order valence-electron chi connectivity index (χ4n) is 2.53.